The highest BCUT2D eigenvalue weighted by Gasteiger charge is 2.24. The van der Waals surface area contributed by atoms with E-state index in [1.807, 2.05) is 48.5 Å². The molecule has 0 aliphatic carbocycles. The third-order valence-corrected chi connectivity index (χ3v) is 5.98. The third-order valence-electron chi connectivity index (χ3n) is 3.95. The predicted octanol–water partition coefficient (Wildman–Crippen LogP) is 3.71. The van der Waals surface area contributed by atoms with Gasteiger partial charge in [-0.2, -0.15) is 4.31 Å². The van der Waals surface area contributed by atoms with Gasteiger partial charge >= 0.3 is 0 Å². The topological polar surface area (TPSA) is 66.5 Å². The van der Waals surface area contributed by atoms with Crippen LogP contribution < -0.4 is 5.32 Å². The van der Waals surface area contributed by atoms with Crippen molar-refractivity contribution >= 4 is 21.6 Å². The number of anilines is 1. The van der Waals surface area contributed by atoms with Gasteiger partial charge in [0.05, 0.1) is 4.90 Å². The van der Waals surface area contributed by atoms with Crippen molar-refractivity contribution in [2.24, 2.45) is 5.41 Å². The molecule has 6 heteroatoms. The van der Waals surface area contributed by atoms with Crippen LogP contribution in [0.2, 0.25) is 0 Å². The van der Waals surface area contributed by atoms with Gasteiger partial charge < -0.3 is 5.32 Å². The number of aryl methyl sites for hydroxylation is 1. The first kappa shape index (κ1) is 20.6. The summed E-state index contributed by atoms with van der Waals surface area (Å²) in [5, 5.41) is 2.87. The Morgan fingerprint density at radius 2 is 1.67 bits per heavy atom. The summed E-state index contributed by atoms with van der Waals surface area (Å²) in [6.07, 6.45) is 0.374. The second kappa shape index (κ2) is 7.66. The monoisotopic (exact) mass is 354 g/mol. The van der Waals surface area contributed by atoms with Crippen LogP contribution in [-0.4, -0.2) is 31.7 Å². The first-order chi connectivity index (χ1) is 10.9. The quantitative estimate of drug-likeness (QED) is 0.847. The van der Waals surface area contributed by atoms with E-state index in [2.05, 4.69) is 5.32 Å². The minimum Gasteiger partial charge on any atom is -0.326 e. The minimum absolute atomic E-state index is 0.109. The van der Waals surface area contributed by atoms with Gasteiger partial charge in [-0.05, 0) is 42.5 Å². The standard InChI is InChI=1S/C18H30N2O3S/c1-8-20(9-2)24(22,23)15-10-13(3)14(4)16(11-15)19-17(21)12-18(5,6)7/h10-11H,8-9,12H2,1-7H3,(H,19,21). The molecular formula is C18H30N2O3S. The number of amides is 1. The van der Waals surface area contributed by atoms with E-state index < -0.39 is 10.0 Å². The Bertz CT molecular complexity index is 700. The molecule has 0 unspecified atom stereocenters. The molecule has 1 aromatic rings. The summed E-state index contributed by atoms with van der Waals surface area (Å²) in [5.74, 6) is -0.109. The number of carbonyl (C=O) groups excluding carboxylic acids is 1. The fraction of sp³-hybridized carbons (Fsp3) is 0.611. The van der Waals surface area contributed by atoms with Crippen LogP contribution in [0.3, 0.4) is 0 Å². The first-order valence-electron chi connectivity index (χ1n) is 8.33. The highest BCUT2D eigenvalue weighted by Crippen LogP contribution is 2.27. The lowest BCUT2D eigenvalue weighted by molar-refractivity contribution is -0.117. The molecule has 5 nitrogen and oxygen atoms in total. The molecule has 1 N–H and O–H groups in total. The molecule has 0 spiro atoms. The molecule has 0 saturated carbocycles. The Balaban J connectivity index is 3.26. The second-order valence-corrected chi connectivity index (χ2v) is 9.23. The van der Waals surface area contributed by atoms with Crippen molar-refractivity contribution in [3.63, 3.8) is 0 Å². The van der Waals surface area contributed by atoms with E-state index in [0.717, 1.165) is 11.1 Å². The molecular weight excluding hydrogens is 324 g/mol. The van der Waals surface area contributed by atoms with E-state index in [4.69, 9.17) is 0 Å². The highest BCUT2D eigenvalue weighted by molar-refractivity contribution is 7.89. The zero-order chi connectivity index (χ0) is 18.7. The van der Waals surface area contributed by atoms with Crippen molar-refractivity contribution < 1.29 is 13.2 Å². The number of sulfonamides is 1. The van der Waals surface area contributed by atoms with Gasteiger partial charge in [-0.1, -0.05) is 34.6 Å². The van der Waals surface area contributed by atoms with Gasteiger partial charge in [0.15, 0.2) is 0 Å². The Morgan fingerprint density at radius 1 is 1.12 bits per heavy atom. The van der Waals surface area contributed by atoms with Gasteiger partial charge in [0, 0.05) is 25.2 Å². The predicted molar refractivity (Wildman–Crippen MR) is 98.7 cm³/mol. The molecule has 24 heavy (non-hydrogen) atoms. The van der Waals surface area contributed by atoms with Gasteiger partial charge in [-0.15, -0.1) is 0 Å². The van der Waals surface area contributed by atoms with Crippen molar-refractivity contribution in [1.82, 2.24) is 4.31 Å². The zero-order valence-corrected chi connectivity index (χ0v) is 16.7. The molecule has 1 aromatic carbocycles. The van der Waals surface area contributed by atoms with Crippen LogP contribution in [-0.2, 0) is 14.8 Å². The molecule has 0 aromatic heterocycles. The lowest BCUT2D eigenvalue weighted by Gasteiger charge is -2.21. The number of nitrogens with zero attached hydrogens (tertiary/aromatic N) is 1. The Morgan fingerprint density at radius 3 is 2.12 bits per heavy atom. The zero-order valence-electron chi connectivity index (χ0n) is 15.9. The molecule has 0 atom stereocenters. The van der Waals surface area contributed by atoms with E-state index in [9.17, 15) is 13.2 Å². The average Bonchev–Trinajstić information content (AvgIpc) is 2.42. The maximum atomic E-state index is 12.7. The number of rotatable bonds is 6. The number of nitrogens with one attached hydrogen (secondary N) is 1. The van der Waals surface area contributed by atoms with Crippen LogP contribution in [0.4, 0.5) is 5.69 Å². The summed E-state index contributed by atoms with van der Waals surface area (Å²) in [6.45, 7) is 14.2. The molecule has 1 rings (SSSR count). The summed E-state index contributed by atoms with van der Waals surface area (Å²) in [4.78, 5) is 12.5. The smallest absolute Gasteiger partial charge is 0.243 e. The maximum Gasteiger partial charge on any atom is 0.243 e. The van der Waals surface area contributed by atoms with E-state index in [1.165, 1.54) is 4.31 Å². The Hall–Kier alpha value is -1.40. The molecule has 0 fully saturated rings. The van der Waals surface area contributed by atoms with Gasteiger partial charge in [0.1, 0.15) is 0 Å². The molecule has 0 aliphatic rings. The van der Waals surface area contributed by atoms with Crippen molar-refractivity contribution in [3.8, 4) is 0 Å². The molecule has 0 bridgehead atoms. The Labute approximate surface area is 146 Å². The largest absolute Gasteiger partial charge is 0.326 e. The van der Waals surface area contributed by atoms with E-state index in [1.54, 1.807) is 12.1 Å². The number of hydrogen-bond acceptors (Lipinski definition) is 3. The molecule has 136 valence electrons. The second-order valence-electron chi connectivity index (χ2n) is 7.29. The van der Waals surface area contributed by atoms with Crippen molar-refractivity contribution in [2.45, 2.75) is 59.8 Å². The summed E-state index contributed by atoms with van der Waals surface area (Å²) in [5.41, 5.74) is 2.16. The van der Waals surface area contributed by atoms with E-state index in [0.29, 0.717) is 25.2 Å². The number of carbonyl (C=O) groups is 1. The van der Waals surface area contributed by atoms with Gasteiger partial charge in [0.25, 0.3) is 0 Å². The number of hydrogen-bond donors (Lipinski definition) is 1. The Kier molecular flexibility index (Phi) is 6.59. The van der Waals surface area contributed by atoms with E-state index >= 15 is 0 Å². The summed E-state index contributed by atoms with van der Waals surface area (Å²) in [7, 11) is -3.55. The summed E-state index contributed by atoms with van der Waals surface area (Å²) in [6, 6.07) is 3.24. The summed E-state index contributed by atoms with van der Waals surface area (Å²) >= 11 is 0. The van der Waals surface area contributed by atoms with Gasteiger partial charge in [-0.25, -0.2) is 8.42 Å². The van der Waals surface area contributed by atoms with Crippen LogP contribution in [0.1, 0.15) is 52.2 Å². The average molecular weight is 355 g/mol. The van der Waals surface area contributed by atoms with Crippen LogP contribution >= 0.6 is 0 Å². The fourth-order valence-corrected chi connectivity index (χ4v) is 4.06. The molecule has 1 amide bonds. The van der Waals surface area contributed by atoms with Gasteiger partial charge in [0.2, 0.25) is 15.9 Å². The van der Waals surface area contributed by atoms with Crippen LogP contribution in [0.15, 0.2) is 17.0 Å². The molecule has 0 aliphatic heterocycles. The van der Waals surface area contributed by atoms with E-state index in [-0.39, 0.29) is 16.2 Å². The highest BCUT2D eigenvalue weighted by atomic mass is 32.2. The lowest BCUT2D eigenvalue weighted by atomic mass is 9.92. The van der Waals surface area contributed by atoms with Crippen molar-refractivity contribution in [2.75, 3.05) is 18.4 Å². The number of benzene rings is 1. The van der Waals surface area contributed by atoms with Gasteiger partial charge in [-0.3, -0.25) is 4.79 Å². The normalized spacial score (nSPS) is 12.5. The first-order valence-corrected chi connectivity index (χ1v) is 9.77. The fourth-order valence-electron chi connectivity index (χ4n) is 2.49. The minimum atomic E-state index is -3.55. The third kappa shape index (κ3) is 5.05. The van der Waals surface area contributed by atoms with Crippen LogP contribution in [0.25, 0.3) is 0 Å². The van der Waals surface area contributed by atoms with Crippen molar-refractivity contribution in [3.05, 3.63) is 23.3 Å². The maximum absolute atomic E-state index is 12.7. The van der Waals surface area contributed by atoms with Crippen molar-refractivity contribution in [1.29, 1.82) is 0 Å². The summed E-state index contributed by atoms with van der Waals surface area (Å²) < 4.78 is 26.9. The van der Waals surface area contributed by atoms with Crippen LogP contribution in [0, 0.1) is 19.3 Å². The molecule has 0 heterocycles. The molecule has 0 radical (unpaired) electrons. The lowest BCUT2D eigenvalue weighted by Crippen LogP contribution is -2.30. The molecule has 0 saturated heterocycles. The van der Waals surface area contributed by atoms with Crippen LogP contribution in [0.5, 0.6) is 0 Å². The SMILES string of the molecule is CCN(CC)S(=O)(=O)c1cc(C)c(C)c(NC(=O)CC(C)(C)C)c1.